The molecule has 1 amide bonds. The van der Waals surface area contributed by atoms with E-state index in [0.29, 0.717) is 23.9 Å². The fourth-order valence-electron chi connectivity index (χ4n) is 3.76. The maximum absolute atomic E-state index is 12.5. The van der Waals surface area contributed by atoms with Crippen LogP contribution in [0.5, 0.6) is 0 Å². The summed E-state index contributed by atoms with van der Waals surface area (Å²) in [4.78, 5) is 34.6. The smallest absolute Gasteiger partial charge is 0.273 e. The van der Waals surface area contributed by atoms with Crippen molar-refractivity contribution in [1.82, 2.24) is 19.7 Å². The Hall–Kier alpha value is -3.39. The highest BCUT2D eigenvalue weighted by Gasteiger charge is 2.16. The van der Waals surface area contributed by atoms with E-state index in [0.717, 1.165) is 33.2 Å². The summed E-state index contributed by atoms with van der Waals surface area (Å²) in [7, 11) is 1.77. The van der Waals surface area contributed by atoms with Gasteiger partial charge in [-0.25, -0.2) is 4.98 Å². The number of carbonyl (C=O) groups excluding carboxylic acids is 1. The first kappa shape index (κ1) is 21.8. The average molecular weight is 448 g/mol. The molecule has 164 valence electrons. The minimum absolute atomic E-state index is 0.0679. The average Bonchev–Trinajstić information content (AvgIpc) is 3.07. The molecule has 8 heteroatoms. The monoisotopic (exact) mass is 447 g/mol. The molecule has 1 aromatic carbocycles. The number of aromatic nitrogens is 4. The Morgan fingerprint density at radius 1 is 1.19 bits per heavy atom. The first-order valence-electron chi connectivity index (χ1n) is 10.4. The predicted octanol–water partition coefficient (Wildman–Crippen LogP) is 4.14. The van der Waals surface area contributed by atoms with E-state index >= 15 is 0 Å². The van der Waals surface area contributed by atoms with Crippen LogP contribution in [-0.2, 0) is 24.0 Å². The zero-order valence-electron chi connectivity index (χ0n) is 18.3. The number of thioether (sulfide) groups is 1. The van der Waals surface area contributed by atoms with Crippen LogP contribution in [0, 0.1) is 13.8 Å². The minimum Gasteiger partial charge on any atom is -0.326 e. The van der Waals surface area contributed by atoms with Crippen LogP contribution < -0.4 is 10.9 Å². The molecule has 0 saturated heterocycles. The van der Waals surface area contributed by atoms with Gasteiger partial charge in [-0.3, -0.25) is 24.4 Å². The van der Waals surface area contributed by atoms with Gasteiger partial charge in [0.25, 0.3) is 5.56 Å². The molecule has 0 bridgehead atoms. The lowest BCUT2D eigenvalue weighted by Crippen LogP contribution is -2.13. The van der Waals surface area contributed by atoms with E-state index in [1.54, 1.807) is 29.7 Å². The summed E-state index contributed by atoms with van der Waals surface area (Å²) >= 11 is 1.73. The summed E-state index contributed by atoms with van der Waals surface area (Å²) in [5.74, 6) is 0.780. The first-order chi connectivity index (χ1) is 15.4. The quantitative estimate of drug-likeness (QED) is 0.416. The van der Waals surface area contributed by atoms with Crippen LogP contribution in [0.2, 0.25) is 0 Å². The Morgan fingerprint density at radius 2 is 1.97 bits per heavy atom. The molecule has 32 heavy (non-hydrogen) atoms. The number of pyridine rings is 2. The number of anilines is 1. The molecular weight excluding hydrogens is 422 g/mol. The largest absolute Gasteiger partial charge is 0.326 e. The van der Waals surface area contributed by atoms with Gasteiger partial charge >= 0.3 is 0 Å². The molecule has 2 N–H and O–H groups in total. The van der Waals surface area contributed by atoms with Crippen LogP contribution in [0.25, 0.3) is 11.0 Å². The lowest BCUT2D eigenvalue weighted by atomic mass is 10.00. The Bertz CT molecular complexity index is 1310. The van der Waals surface area contributed by atoms with Crippen molar-refractivity contribution in [2.24, 2.45) is 7.05 Å². The van der Waals surface area contributed by atoms with Gasteiger partial charge < -0.3 is 5.32 Å². The topological polar surface area (TPSA) is 92.7 Å². The second-order valence-corrected chi connectivity index (χ2v) is 8.77. The predicted molar refractivity (Wildman–Crippen MR) is 128 cm³/mol. The normalized spacial score (nSPS) is 11.1. The molecule has 4 aromatic rings. The number of rotatable bonds is 7. The number of aromatic amines is 1. The zero-order valence-corrected chi connectivity index (χ0v) is 19.1. The summed E-state index contributed by atoms with van der Waals surface area (Å²) in [6, 6.07) is 11.8. The first-order valence-corrected chi connectivity index (χ1v) is 11.4. The summed E-state index contributed by atoms with van der Waals surface area (Å²) in [6.07, 6.45) is 4.48. The van der Waals surface area contributed by atoms with Gasteiger partial charge in [-0.05, 0) is 67.3 Å². The number of nitrogens with zero attached hydrogens (tertiary/aromatic N) is 3. The molecule has 0 spiro atoms. The van der Waals surface area contributed by atoms with Crippen molar-refractivity contribution in [3.63, 3.8) is 0 Å². The Kier molecular flexibility index (Phi) is 6.41. The van der Waals surface area contributed by atoms with E-state index in [2.05, 4.69) is 26.4 Å². The number of aryl methyl sites for hydroxylation is 3. The number of amides is 1. The van der Waals surface area contributed by atoms with Crippen LogP contribution in [0.3, 0.4) is 0 Å². The number of hydrogen-bond donors (Lipinski definition) is 2. The van der Waals surface area contributed by atoms with Gasteiger partial charge in [-0.2, -0.15) is 0 Å². The second-order valence-electron chi connectivity index (χ2n) is 7.72. The highest BCUT2D eigenvalue weighted by Crippen LogP contribution is 2.24. The Balaban J connectivity index is 1.36. The molecule has 0 unspecified atom stereocenters. The number of fused-ring (bicyclic) bond motifs is 1. The lowest BCUT2D eigenvalue weighted by Gasteiger charge is -2.11. The van der Waals surface area contributed by atoms with Crippen molar-refractivity contribution in [3.8, 4) is 0 Å². The summed E-state index contributed by atoms with van der Waals surface area (Å²) in [5.41, 5.74) is 5.10. The third kappa shape index (κ3) is 4.75. The van der Waals surface area contributed by atoms with Crippen molar-refractivity contribution in [1.29, 1.82) is 0 Å². The number of hydrogen-bond acceptors (Lipinski definition) is 5. The van der Waals surface area contributed by atoms with Crippen LogP contribution >= 0.6 is 11.8 Å². The van der Waals surface area contributed by atoms with E-state index in [1.165, 1.54) is 5.56 Å². The van der Waals surface area contributed by atoms with Crippen molar-refractivity contribution >= 4 is 34.4 Å². The maximum atomic E-state index is 12.5. The van der Waals surface area contributed by atoms with Gasteiger partial charge in [0, 0.05) is 47.9 Å². The molecule has 0 saturated carbocycles. The van der Waals surface area contributed by atoms with Gasteiger partial charge in [0.15, 0.2) is 5.65 Å². The number of carbonyl (C=O) groups is 1. The molecule has 7 nitrogen and oxygen atoms in total. The molecular formula is C24H25N5O2S. The molecule has 0 aliphatic heterocycles. The summed E-state index contributed by atoms with van der Waals surface area (Å²) in [5, 5.41) is 6.29. The van der Waals surface area contributed by atoms with Crippen LogP contribution in [0.4, 0.5) is 5.69 Å². The van der Waals surface area contributed by atoms with E-state index in [-0.39, 0.29) is 11.5 Å². The van der Waals surface area contributed by atoms with E-state index in [9.17, 15) is 9.59 Å². The number of nitrogens with one attached hydrogen (secondary N) is 2. The van der Waals surface area contributed by atoms with Crippen LogP contribution in [0.15, 0.2) is 58.5 Å². The van der Waals surface area contributed by atoms with Gasteiger partial charge in [0.1, 0.15) is 0 Å². The highest BCUT2D eigenvalue weighted by atomic mass is 32.2. The highest BCUT2D eigenvalue weighted by molar-refractivity contribution is 7.98. The molecule has 0 atom stereocenters. The number of benzene rings is 1. The van der Waals surface area contributed by atoms with Crippen molar-refractivity contribution in [3.05, 3.63) is 81.5 Å². The Labute approximate surface area is 190 Å². The third-order valence-electron chi connectivity index (χ3n) is 5.44. The fourth-order valence-corrected chi connectivity index (χ4v) is 4.60. The molecule has 0 radical (unpaired) electrons. The van der Waals surface area contributed by atoms with Gasteiger partial charge in [-0.1, -0.05) is 6.07 Å². The zero-order chi connectivity index (χ0) is 22.7. The molecule has 0 aliphatic rings. The Morgan fingerprint density at radius 3 is 2.69 bits per heavy atom. The van der Waals surface area contributed by atoms with Crippen LogP contribution in [-0.4, -0.2) is 25.7 Å². The van der Waals surface area contributed by atoms with Crippen molar-refractivity contribution in [2.45, 2.75) is 37.3 Å². The molecule has 3 aromatic heterocycles. The van der Waals surface area contributed by atoms with Crippen molar-refractivity contribution in [2.75, 3.05) is 5.32 Å². The fraction of sp³-hybridized carbons (Fsp3) is 0.250. The number of H-pyrrole nitrogens is 1. The third-order valence-corrected chi connectivity index (χ3v) is 6.53. The summed E-state index contributed by atoms with van der Waals surface area (Å²) < 4.78 is 1.63. The molecule has 4 rings (SSSR count). The maximum Gasteiger partial charge on any atom is 0.273 e. The van der Waals surface area contributed by atoms with E-state index in [1.807, 2.05) is 50.4 Å². The molecule has 0 fully saturated rings. The van der Waals surface area contributed by atoms with Gasteiger partial charge in [0.2, 0.25) is 5.91 Å². The second kappa shape index (κ2) is 9.40. The van der Waals surface area contributed by atoms with Gasteiger partial charge in [-0.15, -0.1) is 11.8 Å². The van der Waals surface area contributed by atoms with E-state index in [4.69, 9.17) is 0 Å². The SMILES string of the molecule is Cc1nc2c(c(C)c1CCC(=O)Nc1ccc(SCc3cccnc3)cc1)c(=O)[nH]n2C. The van der Waals surface area contributed by atoms with Crippen molar-refractivity contribution < 1.29 is 4.79 Å². The standard InChI is InChI=1S/C24H25N5O2S/c1-15-20(16(2)26-23-22(15)24(31)28-29(23)3)10-11-21(30)27-18-6-8-19(9-7-18)32-14-17-5-4-12-25-13-17/h4-9,12-13H,10-11,14H2,1-3H3,(H,27,30)(H,28,31). The minimum atomic E-state index is -0.153. The molecule has 0 aliphatic carbocycles. The van der Waals surface area contributed by atoms with Crippen LogP contribution in [0.1, 0.15) is 28.8 Å². The lowest BCUT2D eigenvalue weighted by molar-refractivity contribution is -0.116. The van der Waals surface area contributed by atoms with Gasteiger partial charge in [0.05, 0.1) is 5.39 Å². The van der Waals surface area contributed by atoms with E-state index < -0.39 is 0 Å². The molecule has 3 heterocycles. The summed E-state index contributed by atoms with van der Waals surface area (Å²) in [6.45, 7) is 3.83.